The number of nitrogens with one attached hydrogen (secondary N) is 1. The van der Waals surface area contributed by atoms with E-state index in [9.17, 15) is 9.90 Å². The van der Waals surface area contributed by atoms with E-state index in [1.807, 2.05) is 91.0 Å². The molecular formula is C28H26N2O3. The Morgan fingerprint density at radius 3 is 1.55 bits per heavy atom. The number of carbonyl (C=O) groups is 1. The predicted molar refractivity (Wildman–Crippen MR) is 128 cm³/mol. The van der Waals surface area contributed by atoms with Crippen LogP contribution in [0.2, 0.25) is 0 Å². The third-order valence-electron chi connectivity index (χ3n) is 5.64. The molecule has 0 aromatic heterocycles. The summed E-state index contributed by atoms with van der Waals surface area (Å²) in [5.74, 6) is -0.353. The van der Waals surface area contributed by atoms with Gasteiger partial charge in [0.15, 0.2) is 0 Å². The first-order valence-corrected chi connectivity index (χ1v) is 10.7. The third-order valence-corrected chi connectivity index (χ3v) is 5.64. The van der Waals surface area contributed by atoms with Crippen LogP contribution in [0, 0.1) is 0 Å². The van der Waals surface area contributed by atoms with Gasteiger partial charge in [0, 0.05) is 5.56 Å². The molecule has 2 N–H and O–H groups in total. The number of carbonyl (C=O) groups excluding carboxylic acids is 1. The molecule has 0 unspecified atom stereocenters. The van der Waals surface area contributed by atoms with Crippen molar-refractivity contribution in [2.45, 2.75) is 12.1 Å². The van der Waals surface area contributed by atoms with Gasteiger partial charge in [-0.1, -0.05) is 103 Å². The molecule has 1 amide bonds. The third kappa shape index (κ3) is 4.56. The van der Waals surface area contributed by atoms with Crippen molar-refractivity contribution in [3.8, 4) is 0 Å². The van der Waals surface area contributed by atoms with Crippen LogP contribution in [0.4, 0.5) is 0 Å². The lowest BCUT2D eigenvalue weighted by Gasteiger charge is -2.40. The van der Waals surface area contributed by atoms with Crippen LogP contribution >= 0.6 is 0 Å². The molecule has 0 spiro atoms. The zero-order chi connectivity index (χ0) is 23.1. The number of nitrogens with zero attached hydrogens (tertiary/aromatic N) is 1. The lowest BCUT2D eigenvalue weighted by molar-refractivity contribution is -0.145. The van der Waals surface area contributed by atoms with Gasteiger partial charge in [-0.15, -0.1) is 5.17 Å². The Labute approximate surface area is 193 Å². The highest BCUT2D eigenvalue weighted by atomic mass is 16.7. The van der Waals surface area contributed by atoms with E-state index < -0.39 is 5.54 Å². The number of hydrazine groups is 1. The van der Waals surface area contributed by atoms with E-state index >= 15 is 0 Å². The average molecular weight is 439 g/mol. The maximum Gasteiger partial charge on any atom is 0.292 e. The molecule has 0 atom stereocenters. The van der Waals surface area contributed by atoms with Crippen molar-refractivity contribution < 1.29 is 14.7 Å². The monoisotopic (exact) mass is 438 g/mol. The molecule has 4 rings (SSSR count). The largest absolute Gasteiger partial charge is 0.392 e. The van der Waals surface area contributed by atoms with Crippen LogP contribution in [0.1, 0.15) is 32.6 Å². The van der Waals surface area contributed by atoms with Gasteiger partial charge < -0.3 is 5.11 Å². The van der Waals surface area contributed by atoms with Crippen molar-refractivity contribution >= 4 is 5.91 Å². The number of amides is 1. The highest BCUT2D eigenvalue weighted by molar-refractivity contribution is 5.93. The molecule has 33 heavy (non-hydrogen) atoms. The first kappa shape index (κ1) is 22.4. The second-order valence-corrected chi connectivity index (χ2v) is 7.60. The highest BCUT2D eigenvalue weighted by Gasteiger charge is 2.39. The van der Waals surface area contributed by atoms with Crippen LogP contribution in [0.5, 0.6) is 0 Å². The Bertz CT molecular complexity index is 1070. The van der Waals surface area contributed by atoms with Gasteiger partial charge in [0.05, 0.1) is 13.7 Å². The number of hydrogen-bond acceptors (Lipinski definition) is 4. The lowest BCUT2D eigenvalue weighted by Crippen LogP contribution is -2.55. The molecule has 4 aromatic rings. The van der Waals surface area contributed by atoms with Gasteiger partial charge in [0.1, 0.15) is 5.54 Å². The van der Waals surface area contributed by atoms with Gasteiger partial charge in [0.25, 0.3) is 5.91 Å². The molecule has 0 bridgehead atoms. The SMILES string of the molecule is CON(NC(c1ccccc1)(c1ccccc1)c1ccccc1)C(=O)c1ccc(CO)cc1. The zero-order valence-corrected chi connectivity index (χ0v) is 18.4. The molecule has 5 heteroatoms. The van der Waals surface area contributed by atoms with E-state index in [-0.39, 0.29) is 12.5 Å². The standard InChI is InChI=1S/C28H26N2O3/c1-33-30(27(32)23-19-17-22(21-31)18-20-23)29-28(24-11-5-2-6-12-24,25-13-7-3-8-14-25)26-15-9-4-10-16-26/h2-20,29,31H,21H2,1H3. The Morgan fingerprint density at radius 1 is 0.758 bits per heavy atom. The summed E-state index contributed by atoms with van der Waals surface area (Å²) >= 11 is 0. The summed E-state index contributed by atoms with van der Waals surface area (Å²) in [6.07, 6.45) is 0. The second-order valence-electron chi connectivity index (χ2n) is 7.60. The smallest absolute Gasteiger partial charge is 0.292 e. The van der Waals surface area contributed by atoms with Crippen molar-refractivity contribution in [1.29, 1.82) is 0 Å². The summed E-state index contributed by atoms with van der Waals surface area (Å²) < 4.78 is 0. The minimum absolute atomic E-state index is 0.0835. The van der Waals surface area contributed by atoms with Crippen LogP contribution < -0.4 is 5.43 Å². The Hall–Kier alpha value is -3.77. The Balaban J connectivity index is 1.86. The van der Waals surface area contributed by atoms with Crippen LogP contribution in [0.3, 0.4) is 0 Å². The van der Waals surface area contributed by atoms with E-state index in [0.717, 1.165) is 22.3 Å². The fourth-order valence-electron chi connectivity index (χ4n) is 3.96. The van der Waals surface area contributed by atoms with E-state index in [1.54, 1.807) is 24.3 Å². The first-order valence-electron chi connectivity index (χ1n) is 10.7. The quantitative estimate of drug-likeness (QED) is 0.310. The van der Waals surface area contributed by atoms with Crippen molar-refractivity contribution in [1.82, 2.24) is 10.6 Å². The van der Waals surface area contributed by atoms with Gasteiger partial charge in [-0.25, -0.2) is 0 Å². The van der Waals surface area contributed by atoms with Gasteiger partial charge in [-0.3, -0.25) is 9.63 Å². The molecule has 0 heterocycles. The van der Waals surface area contributed by atoms with Crippen molar-refractivity contribution in [2.75, 3.05) is 7.11 Å². The summed E-state index contributed by atoms with van der Waals surface area (Å²) in [5, 5.41) is 10.5. The fraction of sp³-hybridized carbons (Fsp3) is 0.107. The lowest BCUT2D eigenvalue weighted by atomic mass is 9.77. The zero-order valence-electron chi connectivity index (χ0n) is 18.4. The summed E-state index contributed by atoms with van der Waals surface area (Å²) in [5.41, 5.74) is 6.53. The van der Waals surface area contributed by atoms with Gasteiger partial charge in [-0.2, -0.15) is 5.43 Å². The number of aliphatic hydroxyl groups is 1. The van der Waals surface area contributed by atoms with Crippen molar-refractivity contribution in [2.24, 2.45) is 0 Å². The molecule has 0 fully saturated rings. The molecule has 0 aliphatic carbocycles. The second kappa shape index (κ2) is 10.2. The summed E-state index contributed by atoms with van der Waals surface area (Å²) in [4.78, 5) is 19.0. The van der Waals surface area contributed by atoms with E-state index in [2.05, 4.69) is 5.43 Å². The minimum Gasteiger partial charge on any atom is -0.392 e. The number of hydroxylamine groups is 1. The number of aliphatic hydroxyl groups excluding tert-OH is 1. The Kier molecular flexibility index (Phi) is 6.95. The van der Waals surface area contributed by atoms with Crippen molar-refractivity contribution in [3.05, 3.63) is 143 Å². The van der Waals surface area contributed by atoms with E-state index in [1.165, 1.54) is 12.3 Å². The minimum atomic E-state index is -0.902. The molecule has 5 nitrogen and oxygen atoms in total. The summed E-state index contributed by atoms with van der Waals surface area (Å²) in [7, 11) is 1.46. The fourth-order valence-corrected chi connectivity index (χ4v) is 3.96. The molecule has 0 radical (unpaired) electrons. The van der Waals surface area contributed by atoms with Crippen LogP contribution in [0.25, 0.3) is 0 Å². The summed E-state index contributed by atoms with van der Waals surface area (Å²) in [6, 6.07) is 36.7. The average Bonchev–Trinajstić information content (AvgIpc) is 2.91. The van der Waals surface area contributed by atoms with Crippen molar-refractivity contribution in [3.63, 3.8) is 0 Å². The molecule has 0 aliphatic heterocycles. The first-order chi connectivity index (χ1) is 16.2. The van der Waals surface area contributed by atoms with E-state index in [0.29, 0.717) is 5.56 Å². The van der Waals surface area contributed by atoms with Crippen LogP contribution in [-0.4, -0.2) is 23.3 Å². The van der Waals surface area contributed by atoms with E-state index in [4.69, 9.17) is 4.84 Å². The summed E-state index contributed by atoms with van der Waals surface area (Å²) in [6.45, 7) is -0.0835. The molecule has 166 valence electrons. The molecular weight excluding hydrogens is 412 g/mol. The number of rotatable bonds is 8. The predicted octanol–water partition coefficient (Wildman–Crippen LogP) is 4.68. The maximum atomic E-state index is 13.4. The molecule has 0 aliphatic rings. The number of benzene rings is 4. The van der Waals surface area contributed by atoms with Gasteiger partial charge >= 0.3 is 0 Å². The van der Waals surface area contributed by atoms with Crippen LogP contribution in [0.15, 0.2) is 115 Å². The van der Waals surface area contributed by atoms with Gasteiger partial charge in [-0.05, 0) is 34.4 Å². The Morgan fingerprint density at radius 2 is 1.18 bits per heavy atom. The molecule has 0 saturated heterocycles. The highest BCUT2D eigenvalue weighted by Crippen LogP contribution is 2.37. The normalized spacial score (nSPS) is 11.2. The topological polar surface area (TPSA) is 61.8 Å². The number of hydrogen-bond donors (Lipinski definition) is 2. The van der Waals surface area contributed by atoms with Gasteiger partial charge in [0.2, 0.25) is 0 Å². The van der Waals surface area contributed by atoms with Crippen LogP contribution in [-0.2, 0) is 17.0 Å². The molecule has 4 aromatic carbocycles. The molecule has 0 saturated carbocycles. The maximum absolute atomic E-state index is 13.4.